The van der Waals surface area contributed by atoms with Crippen molar-refractivity contribution < 1.29 is 12.8 Å². The van der Waals surface area contributed by atoms with Crippen molar-refractivity contribution in [1.82, 2.24) is 14.3 Å². The van der Waals surface area contributed by atoms with E-state index in [1.54, 1.807) is 24.4 Å². The van der Waals surface area contributed by atoms with Gasteiger partial charge in [0.05, 0.1) is 11.9 Å². The highest BCUT2D eigenvalue weighted by Crippen LogP contribution is 2.25. The SMILES string of the molecule is Cc1cnc(NC2CCN(S(C)(=O)=O)C2)nc1-c1ccccc1F. The summed E-state index contributed by atoms with van der Waals surface area (Å²) in [6.07, 6.45) is 3.52. The summed E-state index contributed by atoms with van der Waals surface area (Å²) < 4.78 is 38.6. The first-order valence-corrected chi connectivity index (χ1v) is 9.49. The molecule has 3 rings (SSSR count). The molecule has 24 heavy (non-hydrogen) atoms. The Morgan fingerprint density at radius 3 is 2.75 bits per heavy atom. The van der Waals surface area contributed by atoms with Crippen molar-refractivity contribution in [2.24, 2.45) is 0 Å². The first kappa shape index (κ1) is 16.8. The Bertz CT molecular complexity index is 857. The van der Waals surface area contributed by atoms with Crippen LogP contribution >= 0.6 is 0 Å². The van der Waals surface area contributed by atoms with Gasteiger partial charge in [-0.3, -0.25) is 0 Å². The number of anilines is 1. The van der Waals surface area contributed by atoms with Crippen LogP contribution in [0.1, 0.15) is 12.0 Å². The third kappa shape index (κ3) is 3.54. The van der Waals surface area contributed by atoms with Crippen molar-refractivity contribution in [3.63, 3.8) is 0 Å². The highest BCUT2D eigenvalue weighted by molar-refractivity contribution is 7.88. The van der Waals surface area contributed by atoms with Crippen LogP contribution in [0, 0.1) is 12.7 Å². The van der Waals surface area contributed by atoms with E-state index < -0.39 is 10.0 Å². The van der Waals surface area contributed by atoms with Gasteiger partial charge in [0, 0.05) is 30.9 Å². The second kappa shape index (κ2) is 6.45. The van der Waals surface area contributed by atoms with Crippen LogP contribution < -0.4 is 5.32 Å². The Balaban J connectivity index is 1.82. The van der Waals surface area contributed by atoms with Gasteiger partial charge < -0.3 is 5.32 Å². The Labute approximate surface area is 140 Å². The van der Waals surface area contributed by atoms with Gasteiger partial charge in [-0.1, -0.05) is 12.1 Å². The normalized spacial score (nSPS) is 18.7. The van der Waals surface area contributed by atoms with E-state index in [1.165, 1.54) is 16.6 Å². The number of halogens is 1. The summed E-state index contributed by atoms with van der Waals surface area (Å²) in [6, 6.07) is 6.40. The van der Waals surface area contributed by atoms with Crippen molar-refractivity contribution in [1.29, 1.82) is 0 Å². The average molecular weight is 350 g/mol. The largest absolute Gasteiger partial charge is 0.350 e. The first-order valence-electron chi connectivity index (χ1n) is 7.65. The van der Waals surface area contributed by atoms with Crippen LogP contribution in [0.2, 0.25) is 0 Å². The predicted octanol–water partition coefficient (Wildman–Crippen LogP) is 2.04. The van der Waals surface area contributed by atoms with Gasteiger partial charge in [0.25, 0.3) is 0 Å². The number of aromatic nitrogens is 2. The molecule has 0 saturated carbocycles. The molecule has 1 aliphatic rings. The number of hydrogen-bond donors (Lipinski definition) is 1. The van der Waals surface area contributed by atoms with Gasteiger partial charge in [-0.05, 0) is 31.0 Å². The van der Waals surface area contributed by atoms with E-state index in [-0.39, 0.29) is 11.9 Å². The fourth-order valence-electron chi connectivity index (χ4n) is 2.77. The van der Waals surface area contributed by atoms with Crippen molar-refractivity contribution in [3.8, 4) is 11.3 Å². The van der Waals surface area contributed by atoms with Gasteiger partial charge in [-0.25, -0.2) is 27.1 Å². The van der Waals surface area contributed by atoms with Crippen LogP contribution in [0.4, 0.5) is 10.3 Å². The monoisotopic (exact) mass is 350 g/mol. The highest BCUT2D eigenvalue weighted by atomic mass is 32.2. The molecule has 1 fully saturated rings. The molecule has 0 aliphatic carbocycles. The number of rotatable bonds is 4. The van der Waals surface area contributed by atoms with E-state index in [0.717, 1.165) is 5.56 Å². The lowest BCUT2D eigenvalue weighted by Gasteiger charge is -2.15. The summed E-state index contributed by atoms with van der Waals surface area (Å²) in [4.78, 5) is 8.66. The summed E-state index contributed by atoms with van der Waals surface area (Å²) in [5.74, 6) is 0.0357. The topological polar surface area (TPSA) is 75.2 Å². The Morgan fingerprint density at radius 2 is 2.08 bits per heavy atom. The van der Waals surface area contributed by atoms with Crippen molar-refractivity contribution in [3.05, 3.63) is 41.8 Å². The van der Waals surface area contributed by atoms with Crippen molar-refractivity contribution in [2.45, 2.75) is 19.4 Å². The lowest BCUT2D eigenvalue weighted by atomic mass is 10.1. The molecule has 0 spiro atoms. The molecule has 2 aromatic rings. The fraction of sp³-hybridized carbons (Fsp3) is 0.375. The summed E-state index contributed by atoms with van der Waals surface area (Å²) >= 11 is 0. The van der Waals surface area contributed by atoms with E-state index >= 15 is 0 Å². The summed E-state index contributed by atoms with van der Waals surface area (Å²) in [5.41, 5.74) is 1.73. The molecule has 1 saturated heterocycles. The zero-order chi connectivity index (χ0) is 17.3. The van der Waals surface area contributed by atoms with Crippen LogP contribution in [0.15, 0.2) is 30.5 Å². The lowest BCUT2D eigenvalue weighted by Crippen LogP contribution is -2.31. The molecule has 0 bridgehead atoms. The molecular weight excluding hydrogens is 331 g/mol. The van der Waals surface area contributed by atoms with E-state index in [0.29, 0.717) is 36.7 Å². The number of hydrogen-bond acceptors (Lipinski definition) is 5. The van der Waals surface area contributed by atoms with Crippen LogP contribution in [0.25, 0.3) is 11.3 Å². The van der Waals surface area contributed by atoms with E-state index in [4.69, 9.17) is 0 Å². The van der Waals surface area contributed by atoms with Gasteiger partial charge >= 0.3 is 0 Å². The lowest BCUT2D eigenvalue weighted by molar-refractivity contribution is 0.480. The number of nitrogens with one attached hydrogen (secondary N) is 1. The minimum atomic E-state index is -3.19. The second-order valence-electron chi connectivity index (χ2n) is 5.96. The minimum absolute atomic E-state index is 0.0594. The third-order valence-electron chi connectivity index (χ3n) is 4.05. The summed E-state index contributed by atoms with van der Waals surface area (Å²) in [6.45, 7) is 2.68. The van der Waals surface area contributed by atoms with E-state index in [9.17, 15) is 12.8 Å². The highest BCUT2D eigenvalue weighted by Gasteiger charge is 2.29. The minimum Gasteiger partial charge on any atom is -0.350 e. The third-order valence-corrected chi connectivity index (χ3v) is 5.32. The zero-order valence-electron chi connectivity index (χ0n) is 13.5. The van der Waals surface area contributed by atoms with Gasteiger partial charge in [0.15, 0.2) is 0 Å². The number of aryl methyl sites for hydroxylation is 1. The van der Waals surface area contributed by atoms with Crippen LogP contribution in [-0.2, 0) is 10.0 Å². The molecule has 8 heteroatoms. The molecule has 1 aromatic carbocycles. The van der Waals surface area contributed by atoms with Gasteiger partial charge in [0.1, 0.15) is 5.82 Å². The molecule has 1 aliphatic heterocycles. The molecule has 0 amide bonds. The number of sulfonamides is 1. The van der Waals surface area contributed by atoms with Gasteiger partial charge in [-0.2, -0.15) is 0 Å². The maximum Gasteiger partial charge on any atom is 0.223 e. The quantitative estimate of drug-likeness (QED) is 0.913. The molecular formula is C16H19FN4O2S. The average Bonchev–Trinajstić information content (AvgIpc) is 2.99. The standard InChI is InChI=1S/C16H19FN4O2S/c1-11-9-18-16(19-12-7-8-21(10-12)24(2,22)23)20-15(11)13-5-3-4-6-14(13)17/h3-6,9,12H,7-8,10H2,1-2H3,(H,18,19,20). The van der Waals surface area contributed by atoms with Gasteiger partial charge in [0.2, 0.25) is 16.0 Å². The maximum atomic E-state index is 14.0. The second-order valence-corrected chi connectivity index (χ2v) is 7.94. The fourth-order valence-corrected chi connectivity index (χ4v) is 3.66. The Morgan fingerprint density at radius 1 is 1.33 bits per heavy atom. The molecule has 1 aromatic heterocycles. The van der Waals surface area contributed by atoms with E-state index in [2.05, 4.69) is 15.3 Å². The van der Waals surface area contributed by atoms with Crippen LogP contribution in [-0.4, -0.2) is 48.1 Å². The van der Waals surface area contributed by atoms with Crippen molar-refractivity contribution in [2.75, 3.05) is 24.7 Å². The van der Waals surface area contributed by atoms with Crippen LogP contribution in [0.5, 0.6) is 0 Å². The Kier molecular flexibility index (Phi) is 4.51. The summed E-state index contributed by atoms with van der Waals surface area (Å²) in [5, 5.41) is 3.15. The molecule has 1 N–H and O–H groups in total. The smallest absolute Gasteiger partial charge is 0.223 e. The molecule has 128 valence electrons. The number of benzene rings is 1. The van der Waals surface area contributed by atoms with Crippen LogP contribution in [0.3, 0.4) is 0 Å². The molecule has 1 atom stereocenters. The summed E-state index contributed by atoms with van der Waals surface area (Å²) in [7, 11) is -3.19. The van der Waals surface area contributed by atoms with Gasteiger partial charge in [-0.15, -0.1) is 0 Å². The Hall–Kier alpha value is -2.06. The first-order chi connectivity index (χ1) is 11.3. The molecule has 0 radical (unpaired) electrons. The van der Waals surface area contributed by atoms with Crippen molar-refractivity contribution >= 4 is 16.0 Å². The molecule has 6 nitrogen and oxygen atoms in total. The molecule has 1 unspecified atom stereocenters. The predicted molar refractivity (Wildman–Crippen MR) is 90.6 cm³/mol. The molecule has 2 heterocycles. The number of nitrogens with zero attached hydrogens (tertiary/aromatic N) is 3. The maximum absolute atomic E-state index is 14.0. The van der Waals surface area contributed by atoms with E-state index in [1.807, 2.05) is 6.92 Å². The zero-order valence-corrected chi connectivity index (χ0v) is 14.3.